The number of rotatable bonds is 2. The summed E-state index contributed by atoms with van der Waals surface area (Å²) in [6.07, 6.45) is 5.55. The van der Waals surface area contributed by atoms with Crippen LogP contribution in [0.2, 0.25) is 5.15 Å². The Kier molecular flexibility index (Phi) is 3.62. The van der Waals surface area contributed by atoms with Gasteiger partial charge in [0.1, 0.15) is 5.15 Å². The van der Waals surface area contributed by atoms with Crippen molar-refractivity contribution in [3.8, 4) is 0 Å². The first-order valence-corrected chi connectivity index (χ1v) is 6.72. The van der Waals surface area contributed by atoms with E-state index in [1.807, 2.05) is 12.1 Å². The first kappa shape index (κ1) is 12.7. The van der Waals surface area contributed by atoms with Gasteiger partial charge in [-0.1, -0.05) is 32.4 Å². The van der Waals surface area contributed by atoms with Crippen LogP contribution in [0.15, 0.2) is 18.3 Å². The number of anilines is 1. The van der Waals surface area contributed by atoms with Crippen LogP contribution in [0, 0.1) is 11.3 Å². The number of pyridine rings is 1. The number of halogens is 1. The van der Waals surface area contributed by atoms with Crippen molar-refractivity contribution in [3.63, 3.8) is 0 Å². The van der Waals surface area contributed by atoms with Crippen molar-refractivity contribution in [2.45, 2.75) is 46.1 Å². The molecule has 2 nitrogen and oxygen atoms in total. The lowest BCUT2D eigenvalue weighted by Crippen LogP contribution is -2.36. The van der Waals surface area contributed by atoms with Gasteiger partial charge < -0.3 is 5.32 Å². The topological polar surface area (TPSA) is 24.9 Å². The molecule has 1 N–H and O–H groups in total. The molecule has 0 spiro atoms. The van der Waals surface area contributed by atoms with Crippen molar-refractivity contribution in [3.05, 3.63) is 23.5 Å². The summed E-state index contributed by atoms with van der Waals surface area (Å²) in [6.45, 7) is 7.06. The highest BCUT2D eigenvalue weighted by Gasteiger charge is 2.32. The molecule has 0 radical (unpaired) electrons. The molecule has 1 aromatic heterocycles. The standard InChI is InChI=1S/C14H21ClN2/c1-10-9-14(2,3)6-4-12(10)17-11-5-7-16-13(15)8-11/h5,7-8,10,12H,4,6,9H2,1-3H3,(H,16,17). The smallest absolute Gasteiger partial charge is 0.131 e. The zero-order valence-corrected chi connectivity index (χ0v) is 11.6. The second kappa shape index (κ2) is 4.85. The molecule has 1 aromatic rings. The Hall–Kier alpha value is -0.760. The van der Waals surface area contributed by atoms with Gasteiger partial charge >= 0.3 is 0 Å². The fourth-order valence-electron chi connectivity index (χ4n) is 2.87. The van der Waals surface area contributed by atoms with E-state index in [9.17, 15) is 0 Å². The van der Waals surface area contributed by atoms with Crippen LogP contribution in [0.4, 0.5) is 5.69 Å². The van der Waals surface area contributed by atoms with Crippen molar-refractivity contribution in [2.75, 3.05) is 5.32 Å². The Morgan fingerprint density at radius 2 is 2.24 bits per heavy atom. The van der Waals surface area contributed by atoms with Crippen LogP contribution in [-0.2, 0) is 0 Å². The van der Waals surface area contributed by atoms with Crippen LogP contribution < -0.4 is 5.32 Å². The second-order valence-corrected chi connectivity index (χ2v) is 6.39. The van der Waals surface area contributed by atoms with Gasteiger partial charge in [0.2, 0.25) is 0 Å². The number of nitrogens with zero attached hydrogens (tertiary/aromatic N) is 1. The summed E-state index contributed by atoms with van der Waals surface area (Å²) >= 11 is 5.89. The van der Waals surface area contributed by atoms with Crippen molar-refractivity contribution in [1.29, 1.82) is 0 Å². The molecule has 0 amide bonds. The molecule has 1 aliphatic carbocycles. The molecule has 0 aliphatic heterocycles. The van der Waals surface area contributed by atoms with Crippen molar-refractivity contribution >= 4 is 17.3 Å². The molecule has 17 heavy (non-hydrogen) atoms. The number of hydrogen-bond acceptors (Lipinski definition) is 2. The van der Waals surface area contributed by atoms with Gasteiger partial charge in [0, 0.05) is 17.9 Å². The summed E-state index contributed by atoms with van der Waals surface area (Å²) < 4.78 is 0. The van der Waals surface area contributed by atoms with Crippen molar-refractivity contribution < 1.29 is 0 Å². The monoisotopic (exact) mass is 252 g/mol. The largest absolute Gasteiger partial charge is 0.382 e. The van der Waals surface area contributed by atoms with Gasteiger partial charge in [-0.25, -0.2) is 4.98 Å². The lowest BCUT2D eigenvalue weighted by molar-refractivity contribution is 0.177. The van der Waals surface area contributed by atoms with Crippen LogP contribution in [0.3, 0.4) is 0 Å². The summed E-state index contributed by atoms with van der Waals surface area (Å²) in [5.74, 6) is 0.700. The van der Waals surface area contributed by atoms with Crippen LogP contribution in [0.25, 0.3) is 0 Å². The number of nitrogens with one attached hydrogen (secondary N) is 1. The number of hydrogen-bond donors (Lipinski definition) is 1. The van der Waals surface area contributed by atoms with E-state index in [1.165, 1.54) is 19.3 Å². The molecular weight excluding hydrogens is 232 g/mol. The molecule has 0 saturated heterocycles. The maximum atomic E-state index is 5.89. The Bertz CT molecular complexity index is 390. The fraction of sp³-hybridized carbons (Fsp3) is 0.643. The first-order valence-electron chi connectivity index (χ1n) is 6.34. The summed E-state index contributed by atoms with van der Waals surface area (Å²) in [5, 5.41) is 4.14. The second-order valence-electron chi connectivity index (χ2n) is 6.00. The molecule has 2 unspecified atom stereocenters. The van der Waals surface area contributed by atoms with E-state index in [0.717, 1.165) is 5.69 Å². The molecule has 0 bridgehead atoms. The minimum atomic E-state index is 0.494. The highest BCUT2D eigenvalue weighted by atomic mass is 35.5. The highest BCUT2D eigenvalue weighted by molar-refractivity contribution is 6.29. The zero-order valence-electron chi connectivity index (χ0n) is 10.8. The highest BCUT2D eigenvalue weighted by Crippen LogP contribution is 2.39. The van der Waals surface area contributed by atoms with Crippen molar-refractivity contribution in [1.82, 2.24) is 4.98 Å². The van der Waals surface area contributed by atoms with E-state index in [2.05, 4.69) is 31.1 Å². The lowest BCUT2D eigenvalue weighted by Gasteiger charge is -2.40. The van der Waals surface area contributed by atoms with Crippen LogP contribution in [0.1, 0.15) is 40.0 Å². The van der Waals surface area contributed by atoms with Gasteiger partial charge in [0.25, 0.3) is 0 Å². The maximum Gasteiger partial charge on any atom is 0.131 e. The predicted molar refractivity (Wildman–Crippen MR) is 73.5 cm³/mol. The van der Waals surface area contributed by atoms with E-state index in [1.54, 1.807) is 6.20 Å². The van der Waals surface area contributed by atoms with Gasteiger partial charge in [-0.05, 0) is 42.7 Å². The molecule has 1 saturated carbocycles. The molecular formula is C14H21ClN2. The minimum absolute atomic E-state index is 0.494. The third kappa shape index (κ3) is 3.35. The van der Waals surface area contributed by atoms with Crippen molar-refractivity contribution in [2.24, 2.45) is 11.3 Å². The van der Waals surface area contributed by atoms with Gasteiger partial charge in [-0.15, -0.1) is 0 Å². The van der Waals surface area contributed by atoms with Gasteiger partial charge in [0.15, 0.2) is 0 Å². The SMILES string of the molecule is CC1CC(C)(C)CCC1Nc1ccnc(Cl)c1. The maximum absolute atomic E-state index is 5.89. The van der Waals surface area contributed by atoms with E-state index < -0.39 is 0 Å². The van der Waals surface area contributed by atoms with E-state index in [0.29, 0.717) is 22.5 Å². The molecule has 1 heterocycles. The van der Waals surface area contributed by atoms with Gasteiger partial charge in [-0.3, -0.25) is 0 Å². The van der Waals surface area contributed by atoms with Gasteiger partial charge in [-0.2, -0.15) is 0 Å². The Morgan fingerprint density at radius 1 is 1.47 bits per heavy atom. The molecule has 2 atom stereocenters. The Morgan fingerprint density at radius 3 is 2.88 bits per heavy atom. The summed E-state index contributed by atoms with van der Waals surface area (Å²) in [7, 11) is 0. The van der Waals surface area contributed by atoms with Crippen LogP contribution >= 0.6 is 11.6 Å². The lowest BCUT2D eigenvalue weighted by atomic mass is 9.70. The molecule has 0 aromatic carbocycles. The Labute approximate surface area is 109 Å². The number of aromatic nitrogens is 1. The molecule has 2 rings (SSSR count). The minimum Gasteiger partial charge on any atom is -0.382 e. The van der Waals surface area contributed by atoms with E-state index in [4.69, 9.17) is 11.6 Å². The van der Waals surface area contributed by atoms with Crippen LogP contribution in [0.5, 0.6) is 0 Å². The van der Waals surface area contributed by atoms with E-state index >= 15 is 0 Å². The van der Waals surface area contributed by atoms with E-state index in [-0.39, 0.29) is 0 Å². The first-order chi connectivity index (χ1) is 7.96. The van der Waals surface area contributed by atoms with Gasteiger partial charge in [0.05, 0.1) is 0 Å². The summed E-state index contributed by atoms with van der Waals surface area (Å²) in [6, 6.07) is 4.44. The average molecular weight is 253 g/mol. The predicted octanol–water partition coefficient (Wildman–Crippen LogP) is 4.36. The van der Waals surface area contributed by atoms with Crippen LogP contribution in [-0.4, -0.2) is 11.0 Å². The Balaban J connectivity index is 2.00. The third-order valence-electron chi connectivity index (χ3n) is 3.77. The third-order valence-corrected chi connectivity index (χ3v) is 3.98. The zero-order chi connectivity index (χ0) is 12.5. The quantitative estimate of drug-likeness (QED) is 0.791. The normalized spacial score (nSPS) is 27.8. The summed E-state index contributed by atoms with van der Waals surface area (Å²) in [5.41, 5.74) is 1.58. The fourth-order valence-corrected chi connectivity index (χ4v) is 3.04. The average Bonchev–Trinajstić information content (AvgIpc) is 2.22. The summed E-state index contributed by atoms with van der Waals surface area (Å²) in [4.78, 5) is 4.00. The molecule has 3 heteroatoms. The molecule has 1 aliphatic rings. The molecule has 94 valence electrons. The molecule has 1 fully saturated rings.